The van der Waals surface area contributed by atoms with Crippen LogP contribution in [-0.2, 0) is 9.59 Å². The van der Waals surface area contributed by atoms with Gasteiger partial charge in [-0.05, 0) is 61.3 Å². The van der Waals surface area contributed by atoms with Crippen LogP contribution in [0, 0.1) is 23.2 Å². The quantitative estimate of drug-likeness (QED) is 0.567. The van der Waals surface area contributed by atoms with Gasteiger partial charge in [0.05, 0.1) is 6.10 Å². The Bertz CT molecular complexity index is 686. The highest BCUT2D eigenvalue weighted by Gasteiger charge is 2.69. The third kappa shape index (κ3) is 2.13. The van der Waals surface area contributed by atoms with Crippen molar-refractivity contribution >= 4 is 11.6 Å². The number of hydrogen-bond acceptors (Lipinski definition) is 6. The fourth-order valence-corrected chi connectivity index (χ4v) is 6.82. The second-order valence-electron chi connectivity index (χ2n) is 9.06. The third-order valence-electron chi connectivity index (χ3n) is 8.11. The van der Waals surface area contributed by atoms with E-state index in [1.807, 2.05) is 0 Å². The van der Waals surface area contributed by atoms with E-state index in [4.69, 9.17) is 0 Å². The first kappa shape index (κ1) is 18.3. The Morgan fingerprint density at radius 1 is 1.23 bits per heavy atom. The van der Waals surface area contributed by atoms with Gasteiger partial charge in [-0.1, -0.05) is 12.5 Å². The van der Waals surface area contributed by atoms with Crippen LogP contribution in [0.3, 0.4) is 0 Å². The van der Waals surface area contributed by atoms with Crippen molar-refractivity contribution in [3.8, 4) is 0 Å². The summed E-state index contributed by atoms with van der Waals surface area (Å²) in [6.45, 7) is 1.29. The first-order chi connectivity index (χ1) is 12.2. The SMILES string of the molecule is C[C@]12CCC(=O)C=C1CC[C@@H]1[C@H]2[C@@H](O)C[C@@]2(O)[C@@H]1CCC2(O)C(=O)CO. The topological polar surface area (TPSA) is 115 Å². The first-order valence-electron chi connectivity index (χ1n) is 9.68. The molecular weight excluding hydrogens is 336 g/mol. The third-order valence-corrected chi connectivity index (χ3v) is 8.11. The van der Waals surface area contributed by atoms with Gasteiger partial charge < -0.3 is 20.4 Å². The number of allylic oxidation sites excluding steroid dienone is 1. The summed E-state index contributed by atoms with van der Waals surface area (Å²) in [5.74, 6) is -1.01. The van der Waals surface area contributed by atoms with Crippen molar-refractivity contribution in [1.29, 1.82) is 0 Å². The zero-order valence-electron chi connectivity index (χ0n) is 15.1. The van der Waals surface area contributed by atoms with Crippen molar-refractivity contribution in [2.24, 2.45) is 23.2 Å². The molecule has 0 radical (unpaired) electrons. The van der Waals surface area contributed by atoms with Crippen LogP contribution in [0.1, 0.15) is 51.9 Å². The van der Waals surface area contributed by atoms with Gasteiger partial charge in [-0.15, -0.1) is 0 Å². The molecular formula is C20H28O6. The van der Waals surface area contributed by atoms with Crippen LogP contribution in [0.5, 0.6) is 0 Å². The van der Waals surface area contributed by atoms with Crippen LogP contribution in [0.2, 0.25) is 0 Å². The number of hydrogen-bond donors (Lipinski definition) is 4. The van der Waals surface area contributed by atoms with E-state index >= 15 is 0 Å². The maximum atomic E-state index is 12.2. The smallest absolute Gasteiger partial charge is 0.192 e. The summed E-state index contributed by atoms with van der Waals surface area (Å²) in [6, 6.07) is 0. The number of fused-ring (bicyclic) bond motifs is 5. The molecule has 0 aromatic heterocycles. The number of aliphatic hydroxyl groups excluding tert-OH is 2. The van der Waals surface area contributed by atoms with Gasteiger partial charge >= 0.3 is 0 Å². The predicted octanol–water partition coefficient (Wildman–Crippen LogP) is 0.506. The van der Waals surface area contributed by atoms with Crippen LogP contribution < -0.4 is 0 Å². The van der Waals surface area contributed by atoms with E-state index in [0.717, 1.165) is 18.4 Å². The molecule has 4 aliphatic rings. The summed E-state index contributed by atoms with van der Waals surface area (Å²) in [4.78, 5) is 24.1. The van der Waals surface area contributed by atoms with Crippen LogP contribution in [0.25, 0.3) is 0 Å². The zero-order valence-corrected chi connectivity index (χ0v) is 15.1. The maximum Gasteiger partial charge on any atom is 0.192 e. The molecule has 0 aromatic rings. The fourth-order valence-electron chi connectivity index (χ4n) is 6.82. The average Bonchev–Trinajstić information content (AvgIpc) is 2.86. The van der Waals surface area contributed by atoms with E-state index in [1.54, 1.807) is 6.08 Å². The monoisotopic (exact) mass is 364 g/mol. The molecule has 0 spiro atoms. The van der Waals surface area contributed by atoms with Gasteiger partial charge in [0.15, 0.2) is 17.2 Å². The Morgan fingerprint density at radius 2 is 1.96 bits per heavy atom. The number of carbonyl (C=O) groups excluding carboxylic acids is 2. The Balaban J connectivity index is 1.74. The van der Waals surface area contributed by atoms with Crippen molar-refractivity contribution in [3.63, 3.8) is 0 Å². The molecule has 4 aliphatic carbocycles. The molecule has 0 saturated heterocycles. The summed E-state index contributed by atoms with van der Waals surface area (Å²) < 4.78 is 0. The van der Waals surface area contributed by atoms with E-state index < -0.39 is 29.7 Å². The number of ketones is 2. The van der Waals surface area contributed by atoms with E-state index in [-0.39, 0.29) is 41.8 Å². The lowest BCUT2D eigenvalue weighted by atomic mass is 9.47. The molecule has 4 rings (SSSR count). The Morgan fingerprint density at radius 3 is 2.65 bits per heavy atom. The van der Waals surface area contributed by atoms with E-state index in [9.17, 15) is 30.0 Å². The Kier molecular flexibility index (Phi) is 4.02. The number of aliphatic hydroxyl groups is 4. The molecule has 0 aromatic carbocycles. The molecule has 1 unspecified atom stereocenters. The molecule has 0 aliphatic heterocycles. The molecule has 3 fully saturated rings. The minimum Gasteiger partial charge on any atom is -0.393 e. The highest BCUT2D eigenvalue weighted by molar-refractivity contribution is 5.92. The molecule has 0 amide bonds. The molecule has 26 heavy (non-hydrogen) atoms. The molecule has 144 valence electrons. The number of carbonyl (C=O) groups is 2. The molecule has 0 bridgehead atoms. The fraction of sp³-hybridized carbons (Fsp3) is 0.800. The lowest BCUT2D eigenvalue weighted by Gasteiger charge is -2.59. The largest absolute Gasteiger partial charge is 0.393 e. The van der Waals surface area contributed by atoms with Crippen LogP contribution >= 0.6 is 0 Å². The minimum absolute atomic E-state index is 0.0142. The van der Waals surface area contributed by atoms with Crippen LogP contribution in [0.15, 0.2) is 11.6 Å². The molecule has 6 heteroatoms. The molecule has 3 saturated carbocycles. The molecule has 6 nitrogen and oxygen atoms in total. The van der Waals surface area contributed by atoms with Gasteiger partial charge in [0, 0.05) is 12.8 Å². The summed E-state index contributed by atoms with van der Waals surface area (Å²) in [5, 5.41) is 42.6. The van der Waals surface area contributed by atoms with Gasteiger partial charge in [0.2, 0.25) is 0 Å². The predicted molar refractivity (Wildman–Crippen MR) is 92.0 cm³/mol. The zero-order chi connectivity index (χ0) is 18.9. The normalized spacial score (nSPS) is 50.5. The van der Waals surface area contributed by atoms with E-state index in [0.29, 0.717) is 19.3 Å². The number of Topliss-reactive ketones (excluding diaryl/α,β-unsaturated/α-hetero) is 1. The summed E-state index contributed by atoms with van der Waals surface area (Å²) in [5.41, 5.74) is -2.87. The van der Waals surface area contributed by atoms with Crippen molar-refractivity contribution < 1.29 is 30.0 Å². The highest BCUT2D eigenvalue weighted by Crippen LogP contribution is 2.64. The highest BCUT2D eigenvalue weighted by atomic mass is 16.4. The van der Waals surface area contributed by atoms with Gasteiger partial charge in [-0.2, -0.15) is 0 Å². The lowest BCUT2D eigenvalue weighted by molar-refractivity contribution is -0.220. The van der Waals surface area contributed by atoms with Gasteiger partial charge in [-0.25, -0.2) is 0 Å². The maximum absolute atomic E-state index is 12.2. The van der Waals surface area contributed by atoms with Gasteiger partial charge in [0.1, 0.15) is 12.2 Å². The minimum atomic E-state index is -1.99. The Labute approximate surface area is 152 Å². The summed E-state index contributed by atoms with van der Waals surface area (Å²) in [7, 11) is 0. The number of rotatable bonds is 2. The van der Waals surface area contributed by atoms with Crippen LogP contribution in [-0.4, -0.2) is 55.9 Å². The van der Waals surface area contributed by atoms with E-state index in [2.05, 4.69) is 6.92 Å². The standard InChI is InChI=1S/C20H28O6/c1-18-6-4-12(22)8-11(18)2-3-13-14-5-7-19(25,16(24)10-21)20(14,26)9-15(23)17(13)18/h8,13-15,17,21,23,25-26H,2-7,9-10H2,1H3/t13-,14+,15-,17-,18-,19?,20+/m0/s1. The van der Waals surface area contributed by atoms with Gasteiger partial charge in [-0.3, -0.25) is 9.59 Å². The van der Waals surface area contributed by atoms with Crippen LogP contribution in [0.4, 0.5) is 0 Å². The summed E-state index contributed by atoms with van der Waals surface area (Å²) >= 11 is 0. The molecule has 0 heterocycles. The second kappa shape index (κ2) is 5.71. The average molecular weight is 364 g/mol. The van der Waals surface area contributed by atoms with Crippen molar-refractivity contribution in [2.75, 3.05) is 6.61 Å². The first-order valence-corrected chi connectivity index (χ1v) is 9.68. The van der Waals surface area contributed by atoms with Crippen molar-refractivity contribution in [3.05, 3.63) is 11.6 Å². The Hall–Kier alpha value is -1.08. The van der Waals surface area contributed by atoms with Crippen molar-refractivity contribution in [1.82, 2.24) is 0 Å². The molecule has 4 N–H and O–H groups in total. The van der Waals surface area contributed by atoms with E-state index in [1.165, 1.54) is 0 Å². The van der Waals surface area contributed by atoms with Gasteiger partial charge in [0.25, 0.3) is 0 Å². The molecule has 7 atom stereocenters. The lowest BCUT2D eigenvalue weighted by Crippen LogP contribution is -2.67. The van der Waals surface area contributed by atoms with Crippen molar-refractivity contribution in [2.45, 2.75) is 69.2 Å². The second-order valence-corrected chi connectivity index (χ2v) is 9.06. The summed E-state index contributed by atoms with van der Waals surface area (Å²) in [6.07, 6.45) is 4.06.